The molecule has 0 spiro atoms. The number of pyridine rings is 1. The zero-order valence-corrected chi connectivity index (χ0v) is 22.2. The van der Waals surface area contributed by atoms with Crippen LogP contribution in [0.25, 0.3) is 0 Å². The third-order valence-corrected chi connectivity index (χ3v) is 6.04. The molecule has 1 aliphatic rings. The molecule has 4 N–H and O–H groups in total. The largest absolute Gasteiger partial charge is 0.369 e. The van der Waals surface area contributed by atoms with E-state index in [0.29, 0.717) is 12.5 Å². The number of rotatable bonds is 8. The number of hydrogen-bond acceptors (Lipinski definition) is 4. The molecule has 180 valence electrons. The van der Waals surface area contributed by atoms with E-state index >= 15 is 0 Å². The second kappa shape index (κ2) is 13.4. The Kier molecular flexibility index (Phi) is 10.9. The molecule has 2 heterocycles. The Morgan fingerprint density at radius 2 is 1.91 bits per heavy atom. The monoisotopic (exact) mass is 564 g/mol. The topological polar surface area (TPSA) is 95.6 Å². The zero-order chi connectivity index (χ0) is 22.9. The van der Waals surface area contributed by atoms with Crippen LogP contribution in [0.2, 0.25) is 0 Å². The van der Waals surface area contributed by atoms with E-state index in [2.05, 4.69) is 71.6 Å². The number of hydrogen-bond donors (Lipinski definition) is 3. The Labute approximate surface area is 214 Å². The van der Waals surface area contributed by atoms with Crippen molar-refractivity contribution in [3.8, 4) is 0 Å². The van der Waals surface area contributed by atoms with Gasteiger partial charge in [0.2, 0.25) is 5.91 Å². The van der Waals surface area contributed by atoms with Crippen LogP contribution in [0.5, 0.6) is 0 Å². The molecule has 2 aromatic rings. The summed E-state index contributed by atoms with van der Waals surface area (Å²) in [4.78, 5) is 23.1. The maximum absolute atomic E-state index is 11.5. The first-order valence-corrected chi connectivity index (χ1v) is 11.5. The molecular weight excluding hydrogens is 527 g/mol. The lowest BCUT2D eigenvalue weighted by molar-refractivity contribution is -0.122. The van der Waals surface area contributed by atoms with Gasteiger partial charge in [-0.15, -0.1) is 24.0 Å². The highest BCUT2D eigenvalue weighted by Gasteiger charge is 2.24. The van der Waals surface area contributed by atoms with Crippen molar-refractivity contribution in [3.63, 3.8) is 0 Å². The predicted molar refractivity (Wildman–Crippen MR) is 146 cm³/mol. The van der Waals surface area contributed by atoms with Crippen LogP contribution in [-0.2, 0) is 11.3 Å². The number of carbonyl (C=O) groups is 1. The Bertz CT molecular complexity index is 909. The van der Waals surface area contributed by atoms with E-state index in [-0.39, 0.29) is 35.8 Å². The summed E-state index contributed by atoms with van der Waals surface area (Å²) in [6.07, 6.45) is 3.36. The second-order valence-electron chi connectivity index (χ2n) is 8.54. The standard InChI is InChI=1S/C25H36N6O.HI/c1-4-27-25(29-16-19(3)20-9-7-18(2)8-10-20)30-17-22-6-5-13-28-24(22)31-14-11-21(12-15-31)23(26)32;/h5-10,13,19,21H,4,11-12,14-17H2,1-3H3,(H2,26,32)(H2,27,29,30);1H. The van der Waals surface area contributed by atoms with Gasteiger partial charge in [0.1, 0.15) is 5.82 Å². The minimum absolute atomic E-state index is 0. The number of anilines is 1. The average molecular weight is 565 g/mol. The molecule has 7 nitrogen and oxygen atoms in total. The van der Waals surface area contributed by atoms with Gasteiger partial charge in [0, 0.05) is 43.9 Å². The third-order valence-electron chi connectivity index (χ3n) is 6.04. The fraction of sp³-hybridized carbons (Fsp3) is 0.480. The molecule has 1 aromatic heterocycles. The van der Waals surface area contributed by atoms with Gasteiger partial charge in [-0.1, -0.05) is 42.8 Å². The van der Waals surface area contributed by atoms with Crippen LogP contribution in [0.4, 0.5) is 5.82 Å². The number of piperidine rings is 1. The second-order valence-corrected chi connectivity index (χ2v) is 8.54. The summed E-state index contributed by atoms with van der Waals surface area (Å²) in [5.41, 5.74) is 9.14. The van der Waals surface area contributed by atoms with Crippen molar-refractivity contribution in [3.05, 3.63) is 59.3 Å². The molecule has 3 rings (SSSR count). The molecule has 0 saturated carbocycles. The number of nitrogens with two attached hydrogens (primary N) is 1. The number of amides is 1. The molecule has 0 aliphatic carbocycles. The number of aliphatic imine (C=N–C) groups is 1. The van der Waals surface area contributed by atoms with E-state index in [1.807, 2.05) is 12.3 Å². The number of carbonyl (C=O) groups excluding carboxylic acids is 1. The number of guanidine groups is 1. The fourth-order valence-corrected chi connectivity index (χ4v) is 3.98. The summed E-state index contributed by atoms with van der Waals surface area (Å²) >= 11 is 0. The van der Waals surface area contributed by atoms with Crippen LogP contribution in [-0.4, -0.2) is 43.0 Å². The van der Waals surface area contributed by atoms with E-state index in [0.717, 1.165) is 56.4 Å². The molecule has 1 aliphatic heterocycles. The normalized spacial score (nSPS) is 15.5. The van der Waals surface area contributed by atoms with Crippen LogP contribution in [0.1, 0.15) is 49.3 Å². The van der Waals surface area contributed by atoms with Crippen LogP contribution < -0.4 is 21.3 Å². The van der Waals surface area contributed by atoms with Gasteiger partial charge in [0.15, 0.2) is 5.96 Å². The van der Waals surface area contributed by atoms with Gasteiger partial charge in [0.25, 0.3) is 0 Å². The highest BCUT2D eigenvalue weighted by Crippen LogP contribution is 2.25. The molecule has 0 bridgehead atoms. The molecule has 1 aromatic carbocycles. The van der Waals surface area contributed by atoms with Crippen molar-refractivity contribution in [1.82, 2.24) is 15.6 Å². The highest BCUT2D eigenvalue weighted by molar-refractivity contribution is 14.0. The first-order chi connectivity index (χ1) is 15.5. The van der Waals surface area contributed by atoms with Crippen LogP contribution in [0.15, 0.2) is 47.6 Å². The number of aryl methyl sites for hydroxylation is 1. The summed E-state index contributed by atoms with van der Waals surface area (Å²) in [6.45, 7) is 10.1. The first-order valence-electron chi connectivity index (χ1n) is 11.5. The molecule has 8 heteroatoms. The van der Waals surface area contributed by atoms with Crippen molar-refractivity contribution in [2.24, 2.45) is 16.6 Å². The van der Waals surface area contributed by atoms with E-state index in [1.165, 1.54) is 11.1 Å². The van der Waals surface area contributed by atoms with Crippen LogP contribution in [0.3, 0.4) is 0 Å². The van der Waals surface area contributed by atoms with Gasteiger partial charge in [-0.3, -0.25) is 4.79 Å². The lowest BCUT2D eigenvalue weighted by Crippen LogP contribution is -2.40. The zero-order valence-electron chi connectivity index (χ0n) is 19.9. The lowest BCUT2D eigenvalue weighted by atomic mass is 9.96. The molecule has 1 atom stereocenters. The molecule has 33 heavy (non-hydrogen) atoms. The van der Waals surface area contributed by atoms with Gasteiger partial charge in [-0.25, -0.2) is 9.98 Å². The molecule has 0 radical (unpaired) electrons. The number of primary amides is 1. The van der Waals surface area contributed by atoms with Gasteiger partial charge in [-0.05, 0) is 44.2 Å². The van der Waals surface area contributed by atoms with Crippen LogP contribution in [0, 0.1) is 12.8 Å². The van der Waals surface area contributed by atoms with E-state index in [9.17, 15) is 4.79 Å². The van der Waals surface area contributed by atoms with Gasteiger partial charge in [0.05, 0.1) is 6.54 Å². The average Bonchev–Trinajstić information content (AvgIpc) is 2.81. The molecule has 1 amide bonds. The summed E-state index contributed by atoms with van der Waals surface area (Å²) in [6, 6.07) is 12.7. The molecule has 1 unspecified atom stereocenters. The summed E-state index contributed by atoms with van der Waals surface area (Å²) < 4.78 is 0. The number of nitrogens with zero attached hydrogens (tertiary/aromatic N) is 3. The molecule has 1 saturated heterocycles. The SMILES string of the molecule is CCNC(=NCc1cccnc1N1CCC(C(N)=O)CC1)NCC(C)c1ccc(C)cc1.I. The van der Waals surface area contributed by atoms with Crippen molar-refractivity contribution >= 4 is 41.7 Å². The van der Waals surface area contributed by atoms with Gasteiger partial charge < -0.3 is 21.3 Å². The number of benzene rings is 1. The molecule has 1 fully saturated rings. The maximum atomic E-state index is 11.5. The minimum Gasteiger partial charge on any atom is -0.369 e. The first kappa shape index (κ1) is 26.9. The van der Waals surface area contributed by atoms with Crippen molar-refractivity contribution < 1.29 is 4.79 Å². The van der Waals surface area contributed by atoms with Gasteiger partial charge in [-0.2, -0.15) is 0 Å². The van der Waals surface area contributed by atoms with Crippen molar-refractivity contribution in [2.45, 2.75) is 46.1 Å². The smallest absolute Gasteiger partial charge is 0.220 e. The third kappa shape index (κ3) is 7.87. The Hall–Kier alpha value is -2.36. The number of aromatic nitrogens is 1. The summed E-state index contributed by atoms with van der Waals surface area (Å²) in [5.74, 6) is 1.89. The lowest BCUT2D eigenvalue weighted by Gasteiger charge is -2.32. The van der Waals surface area contributed by atoms with Crippen molar-refractivity contribution in [2.75, 3.05) is 31.1 Å². The van der Waals surface area contributed by atoms with E-state index in [4.69, 9.17) is 10.7 Å². The Morgan fingerprint density at radius 3 is 2.55 bits per heavy atom. The Balaban J connectivity index is 0.00000385. The summed E-state index contributed by atoms with van der Waals surface area (Å²) in [5, 5.41) is 6.81. The number of halogens is 1. The minimum atomic E-state index is -0.197. The van der Waals surface area contributed by atoms with Crippen LogP contribution >= 0.6 is 24.0 Å². The van der Waals surface area contributed by atoms with E-state index < -0.39 is 0 Å². The molecular formula is C25H37IN6O. The Morgan fingerprint density at radius 1 is 1.21 bits per heavy atom. The highest BCUT2D eigenvalue weighted by atomic mass is 127. The summed E-state index contributed by atoms with van der Waals surface area (Å²) in [7, 11) is 0. The quantitative estimate of drug-likeness (QED) is 0.259. The number of nitrogens with one attached hydrogen (secondary N) is 2. The fourth-order valence-electron chi connectivity index (χ4n) is 3.98. The predicted octanol–water partition coefficient (Wildman–Crippen LogP) is 3.57. The van der Waals surface area contributed by atoms with Gasteiger partial charge >= 0.3 is 0 Å². The maximum Gasteiger partial charge on any atom is 0.220 e. The van der Waals surface area contributed by atoms with E-state index in [1.54, 1.807) is 0 Å². The van der Waals surface area contributed by atoms with Crippen molar-refractivity contribution in [1.29, 1.82) is 0 Å².